The van der Waals surface area contributed by atoms with Gasteiger partial charge in [0, 0.05) is 12.6 Å². The largest absolute Gasteiger partial charge is 0.384 e. The maximum Gasteiger partial charge on any atom is 0.0992 e. The third kappa shape index (κ3) is 2.43. The fourth-order valence-corrected chi connectivity index (χ4v) is 5.01. The van der Waals surface area contributed by atoms with Gasteiger partial charge in [-0.2, -0.15) is 0 Å². The lowest BCUT2D eigenvalue weighted by Crippen LogP contribution is -2.53. The van der Waals surface area contributed by atoms with Crippen molar-refractivity contribution in [2.24, 2.45) is 16.7 Å². The number of rotatable bonds is 4. The molecule has 2 nitrogen and oxygen atoms in total. The Morgan fingerprint density at radius 2 is 1.90 bits per heavy atom. The number of benzene rings is 1. The average Bonchev–Trinajstić information content (AvgIpc) is 2.90. The summed E-state index contributed by atoms with van der Waals surface area (Å²) < 4.78 is 0. The zero-order chi connectivity index (χ0) is 15.3. The molecule has 2 heteroatoms. The lowest BCUT2D eigenvalue weighted by atomic mass is 9.68. The van der Waals surface area contributed by atoms with Gasteiger partial charge in [-0.15, -0.1) is 0 Å². The summed E-state index contributed by atoms with van der Waals surface area (Å²) in [6, 6.07) is 10.5. The van der Waals surface area contributed by atoms with Crippen LogP contribution >= 0.6 is 0 Å². The van der Waals surface area contributed by atoms with Crippen LogP contribution in [0.25, 0.3) is 0 Å². The molecular weight excluding hydrogens is 258 g/mol. The Kier molecular flexibility index (Phi) is 3.46. The zero-order valence-corrected chi connectivity index (χ0v) is 13.8. The summed E-state index contributed by atoms with van der Waals surface area (Å²) in [6.45, 7) is 9.76. The van der Waals surface area contributed by atoms with Crippen LogP contribution in [0.2, 0.25) is 0 Å². The fourth-order valence-electron chi connectivity index (χ4n) is 5.01. The van der Waals surface area contributed by atoms with Gasteiger partial charge in [0.25, 0.3) is 0 Å². The van der Waals surface area contributed by atoms with Crippen molar-refractivity contribution in [1.82, 2.24) is 5.32 Å². The molecule has 21 heavy (non-hydrogen) atoms. The van der Waals surface area contributed by atoms with Crippen molar-refractivity contribution in [3.05, 3.63) is 35.9 Å². The number of hydrogen-bond acceptors (Lipinski definition) is 2. The van der Waals surface area contributed by atoms with Crippen molar-refractivity contribution < 1.29 is 5.11 Å². The van der Waals surface area contributed by atoms with E-state index in [1.807, 2.05) is 37.3 Å². The van der Waals surface area contributed by atoms with Crippen LogP contribution in [0.5, 0.6) is 0 Å². The van der Waals surface area contributed by atoms with Gasteiger partial charge in [-0.1, -0.05) is 51.1 Å². The van der Waals surface area contributed by atoms with Crippen molar-refractivity contribution in [2.75, 3.05) is 6.54 Å². The molecule has 2 N–H and O–H groups in total. The molecule has 0 aromatic heterocycles. The molecule has 2 bridgehead atoms. The Bertz CT molecular complexity index is 503. The molecule has 1 aromatic carbocycles. The first-order valence-corrected chi connectivity index (χ1v) is 8.27. The predicted molar refractivity (Wildman–Crippen MR) is 87.0 cm³/mol. The highest BCUT2D eigenvalue weighted by Gasteiger charge is 2.59. The Balaban J connectivity index is 1.73. The van der Waals surface area contributed by atoms with Gasteiger partial charge < -0.3 is 10.4 Å². The smallest absolute Gasteiger partial charge is 0.0992 e. The second-order valence-electron chi connectivity index (χ2n) is 8.37. The first-order valence-electron chi connectivity index (χ1n) is 8.27. The van der Waals surface area contributed by atoms with Gasteiger partial charge in [0.2, 0.25) is 0 Å². The second-order valence-corrected chi connectivity index (χ2v) is 8.37. The minimum absolute atomic E-state index is 0.333. The molecular formula is C19H29NO. The molecule has 4 unspecified atom stereocenters. The molecule has 0 radical (unpaired) electrons. The maximum absolute atomic E-state index is 10.8. The van der Waals surface area contributed by atoms with E-state index >= 15 is 0 Å². The van der Waals surface area contributed by atoms with Gasteiger partial charge in [0.1, 0.15) is 0 Å². The maximum atomic E-state index is 10.8. The van der Waals surface area contributed by atoms with E-state index in [1.54, 1.807) is 0 Å². The van der Waals surface area contributed by atoms with Gasteiger partial charge in [-0.25, -0.2) is 0 Å². The Morgan fingerprint density at radius 1 is 1.24 bits per heavy atom. The van der Waals surface area contributed by atoms with Crippen LogP contribution in [0, 0.1) is 16.7 Å². The first kappa shape index (κ1) is 15.1. The molecule has 2 aliphatic rings. The van der Waals surface area contributed by atoms with Crippen LogP contribution in [-0.4, -0.2) is 17.7 Å². The van der Waals surface area contributed by atoms with E-state index in [2.05, 4.69) is 26.1 Å². The Labute approximate surface area is 129 Å². The van der Waals surface area contributed by atoms with Crippen molar-refractivity contribution in [2.45, 2.75) is 58.6 Å². The van der Waals surface area contributed by atoms with Crippen LogP contribution in [0.3, 0.4) is 0 Å². The van der Waals surface area contributed by atoms with E-state index in [0.717, 1.165) is 11.5 Å². The molecule has 116 valence electrons. The van der Waals surface area contributed by atoms with Crippen molar-refractivity contribution >= 4 is 0 Å². The molecule has 0 spiro atoms. The average molecular weight is 287 g/mol. The minimum Gasteiger partial charge on any atom is -0.384 e. The topological polar surface area (TPSA) is 32.3 Å². The van der Waals surface area contributed by atoms with E-state index in [-0.39, 0.29) is 0 Å². The summed E-state index contributed by atoms with van der Waals surface area (Å²) in [5, 5.41) is 14.5. The van der Waals surface area contributed by atoms with Crippen LogP contribution < -0.4 is 5.32 Å². The highest BCUT2D eigenvalue weighted by molar-refractivity contribution is 5.22. The molecule has 0 aliphatic heterocycles. The van der Waals surface area contributed by atoms with Gasteiger partial charge in [-0.05, 0) is 48.5 Å². The summed E-state index contributed by atoms with van der Waals surface area (Å²) in [5.74, 6) is 0.835. The van der Waals surface area contributed by atoms with E-state index in [9.17, 15) is 5.11 Å². The zero-order valence-electron chi connectivity index (χ0n) is 13.8. The summed E-state index contributed by atoms with van der Waals surface area (Å²) in [6.07, 6.45) is 4.04. The van der Waals surface area contributed by atoms with Crippen LogP contribution in [0.15, 0.2) is 30.3 Å². The Morgan fingerprint density at radius 3 is 2.48 bits per heavy atom. The van der Waals surface area contributed by atoms with E-state index in [0.29, 0.717) is 23.4 Å². The Hall–Kier alpha value is -0.860. The highest BCUT2D eigenvalue weighted by atomic mass is 16.3. The van der Waals surface area contributed by atoms with Gasteiger partial charge in [0.05, 0.1) is 5.60 Å². The number of fused-ring (bicyclic) bond motifs is 2. The van der Waals surface area contributed by atoms with Gasteiger partial charge in [0.15, 0.2) is 0 Å². The third-order valence-corrected chi connectivity index (χ3v) is 6.32. The lowest BCUT2D eigenvalue weighted by molar-refractivity contribution is 0.0312. The van der Waals surface area contributed by atoms with Crippen molar-refractivity contribution in [3.8, 4) is 0 Å². The molecule has 2 fully saturated rings. The quantitative estimate of drug-likeness (QED) is 0.885. The predicted octanol–water partition coefficient (Wildman–Crippen LogP) is 3.70. The van der Waals surface area contributed by atoms with Crippen LogP contribution in [0.1, 0.15) is 52.5 Å². The molecule has 0 heterocycles. The van der Waals surface area contributed by atoms with Crippen LogP contribution in [0.4, 0.5) is 0 Å². The SMILES string of the molecule is CC(O)(CNC1C2(C)CCC(C2)C1(C)C)c1ccccc1. The summed E-state index contributed by atoms with van der Waals surface area (Å²) in [5.41, 5.74) is 0.916. The van der Waals surface area contributed by atoms with E-state index in [4.69, 9.17) is 0 Å². The van der Waals surface area contributed by atoms with E-state index < -0.39 is 5.60 Å². The second kappa shape index (κ2) is 4.82. The van der Waals surface area contributed by atoms with Gasteiger partial charge in [-0.3, -0.25) is 0 Å². The molecule has 2 saturated carbocycles. The van der Waals surface area contributed by atoms with Crippen molar-refractivity contribution in [3.63, 3.8) is 0 Å². The molecule has 3 rings (SSSR count). The summed E-state index contributed by atoms with van der Waals surface area (Å²) in [4.78, 5) is 0. The standard InChI is InChI=1S/C19H29NO/c1-17(2)15-10-11-18(3,12-15)16(17)20-13-19(4,21)14-8-6-5-7-9-14/h5-9,15-16,20-21H,10-13H2,1-4H3. The monoisotopic (exact) mass is 287 g/mol. The highest BCUT2D eigenvalue weighted by Crippen LogP contribution is 2.62. The lowest BCUT2D eigenvalue weighted by Gasteiger charge is -2.44. The molecule has 2 aliphatic carbocycles. The minimum atomic E-state index is -0.810. The van der Waals surface area contributed by atoms with Gasteiger partial charge >= 0.3 is 0 Å². The number of aliphatic hydroxyl groups is 1. The normalized spacial score (nSPS) is 36.6. The van der Waals surface area contributed by atoms with Crippen LogP contribution in [-0.2, 0) is 5.60 Å². The number of nitrogens with one attached hydrogen (secondary N) is 1. The molecule has 0 amide bonds. The third-order valence-electron chi connectivity index (χ3n) is 6.32. The molecule has 0 saturated heterocycles. The first-order chi connectivity index (χ1) is 9.76. The number of hydrogen-bond donors (Lipinski definition) is 2. The fraction of sp³-hybridized carbons (Fsp3) is 0.684. The molecule has 4 atom stereocenters. The summed E-state index contributed by atoms with van der Waals surface area (Å²) in [7, 11) is 0. The van der Waals surface area contributed by atoms with Crippen molar-refractivity contribution in [1.29, 1.82) is 0 Å². The van der Waals surface area contributed by atoms with E-state index in [1.165, 1.54) is 19.3 Å². The summed E-state index contributed by atoms with van der Waals surface area (Å²) >= 11 is 0. The molecule has 1 aromatic rings.